The van der Waals surface area contributed by atoms with Crippen molar-refractivity contribution in [3.63, 3.8) is 0 Å². The van der Waals surface area contributed by atoms with E-state index < -0.39 is 0 Å². The fourth-order valence-electron chi connectivity index (χ4n) is 4.08. The van der Waals surface area contributed by atoms with Gasteiger partial charge in [-0.2, -0.15) is 0 Å². The number of hydrogen-bond donors (Lipinski definition) is 1. The Morgan fingerprint density at radius 2 is 1.87 bits per heavy atom. The number of carbonyl (C=O) groups is 1. The molecular weight excluding hydrogens is 507 g/mol. The van der Waals surface area contributed by atoms with Crippen molar-refractivity contribution in [3.8, 4) is 5.88 Å². The fourth-order valence-corrected chi connectivity index (χ4v) is 4.08. The molecule has 1 N–H and O–H groups in total. The van der Waals surface area contributed by atoms with Crippen molar-refractivity contribution in [2.24, 2.45) is 4.99 Å². The van der Waals surface area contributed by atoms with Gasteiger partial charge in [0.2, 0.25) is 11.8 Å². The van der Waals surface area contributed by atoms with E-state index in [-0.39, 0.29) is 35.9 Å². The molecule has 1 aromatic heterocycles. The lowest BCUT2D eigenvalue weighted by Gasteiger charge is -2.39. The quantitative estimate of drug-likeness (QED) is 0.323. The summed E-state index contributed by atoms with van der Waals surface area (Å²) in [7, 11) is 0. The third-order valence-corrected chi connectivity index (χ3v) is 5.80. The number of ether oxygens (including phenoxy) is 1. The molecule has 1 atom stereocenters. The molecule has 1 aromatic rings. The zero-order valence-corrected chi connectivity index (χ0v) is 21.4. The van der Waals surface area contributed by atoms with Crippen LogP contribution in [0.2, 0.25) is 0 Å². The first-order chi connectivity index (χ1) is 14.6. The number of pyridine rings is 1. The van der Waals surface area contributed by atoms with E-state index in [1.807, 2.05) is 30.9 Å². The number of halogens is 1. The number of aliphatic imine (C=N–C) groups is 1. The Balaban J connectivity index is 0.00000341. The minimum absolute atomic E-state index is 0. The summed E-state index contributed by atoms with van der Waals surface area (Å²) >= 11 is 0. The zero-order chi connectivity index (χ0) is 21.3. The highest BCUT2D eigenvalue weighted by molar-refractivity contribution is 14.0. The van der Waals surface area contributed by atoms with Crippen molar-refractivity contribution in [1.82, 2.24) is 25.0 Å². The van der Waals surface area contributed by atoms with E-state index in [0.29, 0.717) is 19.0 Å². The Kier molecular flexibility index (Phi) is 10.8. The molecule has 0 aromatic carbocycles. The molecule has 1 amide bonds. The molecule has 0 aliphatic carbocycles. The van der Waals surface area contributed by atoms with Gasteiger partial charge in [0.05, 0.1) is 19.2 Å². The van der Waals surface area contributed by atoms with Crippen LogP contribution in [0.25, 0.3) is 0 Å². The van der Waals surface area contributed by atoms with Crippen molar-refractivity contribution < 1.29 is 9.53 Å². The molecule has 0 saturated carbocycles. The summed E-state index contributed by atoms with van der Waals surface area (Å²) in [6.07, 6.45) is 4.01. The second-order valence-electron chi connectivity index (χ2n) is 7.80. The number of nitrogens with zero attached hydrogens (tertiary/aromatic N) is 5. The van der Waals surface area contributed by atoms with Gasteiger partial charge in [-0.1, -0.05) is 6.07 Å². The van der Waals surface area contributed by atoms with Gasteiger partial charge in [0.1, 0.15) is 0 Å². The monoisotopic (exact) mass is 544 g/mol. The van der Waals surface area contributed by atoms with Crippen LogP contribution in [-0.2, 0) is 11.3 Å². The van der Waals surface area contributed by atoms with Crippen LogP contribution in [0, 0.1) is 0 Å². The molecular formula is C22H37IN6O2. The maximum atomic E-state index is 12.7. The number of nitrogens with one attached hydrogen (secondary N) is 1. The molecule has 0 spiro atoms. The number of rotatable bonds is 7. The van der Waals surface area contributed by atoms with Crippen LogP contribution in [0.5, 0.6) is 5.88 Å². The molecule has 0 radical (unpaired) electrons. The predicted octanol–water partition coefficient (Wildman–Crippen LogP) is 2.19. The van der Waals surface area contributed by atoms with Crippen LogP contribution < -0.4 is 10.1 Å². The number of hydrogen-bond acceptors (Lipinski definition) is 5. The molecule has 31 heavy (non-hydrogen) atoms. The molecule has 2 fully saturated rings. The lowest BCUT2D eigenvalue weighted by Crippen LogP contribution is -2.57. The molecule has 2 saturated heterocycles. The molecule has 1 unspecified atom stereocenters. The molecule has 3 rings (SSSR count). The number of piperazine rings is 1. The second-order valence-corrected chi connectivity index (χ2v) is 7.80. The number of amides is 1. The normalized spacial score (nSPS) is 18.5. The van der Waals surface area contributed by atoms with Gasteiger partial charge < -0.3 is 19.9 Å². The number of carbonyl (C=O) groups excluding carboxylic acids is 1. The van der Waals surface area contributed by atoms with E-state index in [4.69, 9.17) is 9.73 Å². The van der Waals surface area contributed by atoms with Crippen molar-refractivity contribution >= 4 is 35.8 Å². The molecule has 3 heterocycles. The van der Waals surface area contributed by atoms with E-state index in [9.17, 15) is 4.79 Å². The summed E-state index contributed by atoms with van der Waals surface area (Å²) in [6.45, 7) is 13.3. The second kappa shape index (κ2) is 13.0. The van der Waals surface area contributed by atoms with Crippen LogP contribution in [0.1, 0.15) is 39.2 Å². The number of likely N-dealkylation sites (tertiary alicyclic amines) is 1. The molecule has 0 bridgehead atoms. The smallest absolute Gasteiger partial charge is 0.239 e. The van der Waals surface area contributed by atoms with Crippen LogP contribution in [0.3, 0.4) is 0 Å². The summed E-state index contributed by atoms with van der Waals surface area (Å²) in [5, 5.41) is 3.41. The van der Waals surface area contributed by atoms with Gasteiger partial charge in [0.25, 0.3) is 0 Å². The first-order valence-corrected chi connectivity index (χ1v) is 11.3. The van der Waals surface area contributed by atoms with Gasteiger partial charge in [0, 0.05) is 57.6 Å². The zero-order valence-electron chi connectivity index (χ0n) is 19.0. The van der Waals surface area contributed by atoms with Crippen LogP contribution in [0.4, 0.5) is 0 Å². The van der Waals surface area contributed by atoms with E-state index >= 15 is 0 Å². The van der Waals surface area contributed by atoms with Gasteiger partial charge in [-0.05, 0) is 39.7 Å². The summed E-state index contributed by atoms with van der Waals surface area (Å²) < 4.78 is 5.62. The third kappa shape index (κ3) is 6.93. The highest BCUT2D eigenvalue weighted by Crippen LogP contribution is 2.17. The summed E-state index contributed by atoms with van der Waals surface area (Å²) in [6, 6.07) is 3.88. The van der Waals surface area contributed by atoms with E-state index in [1.54, 1.807) is 6.20 Å². The van der Waals surface area contributed by atoms with Gasteiger partial charge in [-0.15, -0.1) is 24.0 Å². The Morgan fingerprint density at radius 1 is 1.16 bits per heavy atom. The largest absolute Gasteiger partial charge is 0.478 e. The van der Waals surface area contributed by atoms with Gasteiger partial charge in [-0.25, -0.2) is 9.98 Å². The van der Waals surface area contributed by atoms with E-state index in [2.05, 4.69) is 27.0 Å². The van der Waals surface area contributed by atoms with Crippen LogP contribution >= 0.6 is 24.0 Å². The summed E-state index contributed by atoms with van der Waals surface area (Å²) in [5.74, 6) is 1.84. The predicted molar refractivity (Wildman–Crippen MR) is 134 cm³/mol. The van der Waals surface area contributed by atoms with Crippen molar-refractivity contribution in [2.75, 3.05) is 52.4 Å². The fraction of sp³-hybridized carbons (Fsp3) is 0.682. The standard InChI is InChI=1S/C22H36N6O2.HI/c1-4-23-22(25-17-19-9-8-10-24-20(19)30-5-2)28-15-13-26(14-16-28)18(3)21(29)27-11-6-7-12-27;/h8-10,18H,4-7,11-17H2,1-3H3,(H,23,25);1H. The maximum absolute atomic E-state index is 12.7. The lowest BCUT2D eigenvalue weighted by molar-refractivity contribution is -0.135. The van der Waals surface area contributed by atoms with Crippen LogP contribution in [0.15, 0.2) is 23.3 Å². The molecule has 8 nitrogen and oxygen atoms in total. The van der Waals surface area contributed by atoms with Gasteiger partial charge in [-0.3, -0.25) is 9.69 Å². The van der Waals surface area contributed by atoms with Crippen molar-refractivity contribution in [2.45, 2.75) is 46.2 Å². The van der Waals surface area contributed by atoms with E-state index in [0.717, 1.165) is 70.2 Å². The Labute approximate surface area is 203 Å². The lowest BCUT2D eigenvalue weighted by atomic mass is 10.2. The number of aromatic nitrogens is 1. The topological polar surface area (TPSA) is 73.3 Å². The van der Waals surface area contributed by atoms with Crippen molar-refractivity contribution in [3.05, 3.63) is 23.9 Å². The Morgan fingerprint density at radius 3 is 2.52 bits per heavy atom. The third-order valence-electron chi connectivity index (χ3n) is 5.80. The highest BCUT2D eigenvalue weighted by atomic mass is 127. The van der Waals surface area contributed by atoms with Gasteiger partial charge in [0.15, 0.2) is 5.96 Å². The van der Waals surface area contributed by atoms with Gasteiger partial charge >= 0.3 is 0 Å². The van der Waals surface area contributed by atoms with Crippen LogP contribution in [-0.4, -0.2) is 90.0 Å². The maximum Gasteiger partial charge on any atom is 0.239 e. The molecule has 174 valence electrons. The minimum Gasteiger partial charge on any atom is -0.478 e. The number of guanidine groups is 1. The average molecular weight is 544 g/mol. The first kappa shape index (κ1) is 25.6. The first-order valence-electron chi connectivity index (χ1n) is 11.3. The SMILES string of the molecule is CCNC(=NCc1cccnc1OCC)N1CCN(C(C)C(=O)N2CCCC2)CC1.I. The summed E-state index contributed by atoms with van der Waals surface area (Å²) in [5.41, 5.74) is 0.984. The van der Waals surface area contributed by atoms with E-state index in [1.165, 1.54) is 0 Å². The molecule has 9 heteroatoms. The Hall–Kier alpha value is -1.62. The summed E-state index contributed by atoms with van der Waals surface area (Å²) in [4.78, 5) is 28.5. The Bertz CT molecular complexity index is 718. The molecule has 2 aliphatic heterocycles. The van der Waals surface area contributed by atoms with Crippen molar-refractivity contribution in [1.29, 1.82) is 0 Å². The minimum atomic E-state index is -0.0473. The molecule has 2 aliphatic rings. The average Bonchev–Trinajstić information content (AvgIpc) is 3.32. The highest BCUT2D eigenvalue weighted by Gasteiger charge is 2.30.